The van der Waals surface area contributed by atoms with E-state index in [4.69, 9.17) is 14.2 Å². The first kappa shape index (κ1) is 61.3. The minimum atomic E-state index is -0.824. The van der Waals surface area contributed by atoms with E-state index in [0.29, 0.717) is 19.3 Å². The number of hydrogen-bond donors (Lipinski definition) is 0. The van der Waals surface area contributed by atoms with Crippen molar-refractivity contribution < 1.29 is 28.6 Å². The van der Waals surface area contributed by atoms with Crippen molar-refractivity contribution in [1.82, 2.24) is 0 Å². The van der Waals surface area contributed by atoms with Crippen molar-refractivity contribution in [2.45, 2.75) is 245 Å². The van der Waals surface area contributed by atoms with E-state index in [0.717, 1.165) is 57.8 Å². The highest BCUT2D eigenvalue weighted by Crippen LogP contribution is 2.14. The molecule has 0 spiro atoms. The van der Waals surface area contributed by atoms with Crippen LogP contribution in [0.1, 0.15) is 239 Å². The molecule has 0 rings (SSSR count). The molecule has 0 fully saturated rings. The topological polar surface area (TPSA) is 78.9 Å². The van der Waals surface area contributed by atoms with Gasteiger partial charge in [-0.3, -0.25) is 14.4 Å². The average molecular weight is 903 g/mol. The Morgan fingerprint density at radius 3 is 1.18 bits per heavy atom. The molecule has 0 aliphatic rings. The summed E-state index contributed by atoms with van der Waals surface area (Å²) >= 11 is 0. The average Bonchev–Trinajstić information content (AvgIpc) is 3.30. The Morgan fingerprint density at radius 2 is 0.692 bits per heavy atom. The van der Waals surface area contributed by atoms with Crippen LogP contribution in [-0.4, -0.2) is 37.2 Å². The van der Waals surface area contributed by atoms with Gasteiger partial charge >= 0.3 is 17.9 Å². The smallest absolute Gasteiger partial charge is 0.306 e. The summed E-state index contributed by atoms with van der Waals surface area (Å²) in [7, 11) is 0. The number of ether oxygens (including phenoxy) is 3. The van der Waals surface area contributed by atoms with E-state index < -0.39 is 6.10 Å². The third kappa shape index (κ3) is 51.2. The van der Waals surface area contributed by atoms with Gasteiger partial charge in [-0.2, -0.15) is 0 Å². The van der Waals surface area contributed by atoms with Crippen molar-refractivity contribution in [3.05, 3.63) is 97.2 Å². The maximum atomic E-state index is 12.8. The molecule has 0 saturated carbocycles. The standard InChI is InChI=1S/C59H98O6/c1-4-7-10-13-16-19-22-25-27-28-29-30-32-34-37-40-43-46-49-52-58(61)64-55-56(54-63-57(60)51-48-45-42-39-36-33-24-21-18-15-12-9-6-3)65-59(62)53-50-47-44-41-38-35-31-26-23-20-17-14-11-8-5-2/h8,11,14,17,20,23,26,28-29,31,33,35-36,38,42,45,56H,4-7,9-10,12-13,15-16,18-19,21-22,24-25,27,30,32,34,37,39-41,43-44,46-55H2,1-3H3/b11-8+,17-14+,23-20+,29-28+,31-26+,36-33+,38-35+,45-42+. The minimum Gasteiger partial charge on any atom is -0.462 e. The van der Waals surface area contributed by atoms with Gasteiger partial charge in [0.15, 0.2) is 6.10 Å². The molecule has 1 atom stereocenters. The summed E-state index contributed by atoms with van der Waals surface area (Å²) in [5.41, 5.74) is 0. The number of unbranched alkanes of at least 4 members (excludes halogenated alkanes) is 24. The van der Waals surface area contributed by atoms with Crippen LogP contribution in [0.4, 0.5) is 0 Å². The molecule has 0 aromatic carbocycles. The van der Waals surface area contributed by atoms with E-state index in [1.54, 1.807) is 0 Å². The predicted octanol–water partition coefficient (Wildman–Crippen LogP) is 17.8. The van der Waals surface area contributed by atoms with Crippen molar-refractivity contribution in [2.75, 3.05) is 13.2 Å². The molecule has 6 nitrogen and oxygen atoms in total. The normalized spacial score (nSPS) is 12.8. The van der Waals surface area contributed by atoms with Gasteiger partial charge < -0.3 is 14.2 Å². The second-order valence-electron chi connectivity index (χ2n) is 17.5. The Balaban J connectivity index is 4.49. The summed E-state index contributed by atoms with van der Waals surface area (Å²) < 4.78 is 16.7. The lowest BCUT2D eigenvalue weighted by molar-refractivity contribution is -0.166. The summed E-state index contributed by atoms with van der Waals surface area (Å²) in [6, 6.07) is 0. The van der Waals surface area contributed by atoms with Crippen molar-refractivity contribution in [3.63, 3.8) is 0 Å². The zero-order valence-electron chi connectivity index (χ0n) is 42.2. The van der Waals surface area contributed by atoms with E-state index in [-0.39, 0.29) is 44.0 Å². The summed E-state index contributed by atoms with van der Waals surface area (Å²) in [5.74, 6) is -1.03. The van der Waals surface area contributed by atoms with Crippen LogP contribution in [0, 0.1) is 0 Å². The number of carbonyl (C=O) groups excluding carboxylic acids is 3. The number of carbonyl (C=O) groups is 3. The lowest BCUT2D eigenvalue weighted by atomic mass is 10.1. The molecule has 0 saturated heterocycles. The van der Waals surface area contributed by atoms with Gasteiger partial charge in [-0.15, -0.1) is 0 Å². The highest BCUT2D eigenvalue weighted by atomic mass is 16.6. The largest absolute Gasteiger partial charge is 0.462 e. The number of allylic oxidation sites excluding steroid dienone is 16. The van der Waals surface area contributed by atoms with Crippen LogP contribution in [-0.2, 0) is 28.6 Å². The fourth-order valence-electron chi connectivity index (χ4n) is 7.16. The molecule has 65 heavy (non-hydrogen) atoms. The van der Waals surface area contributed by atoms with E-state index in [9.17, 15) is 14.4 Å². The molecule has 0 aromatic heterocycles. The van der Waals surface area contributed by atoms with Gasteiger partial charge in [0.2, 0.25) is 0 Å². The van der Waals surface area contributed by atoms with Crippen molar-refractivity contribution in [3.8, 4) is 0 Å². The van der Waals surface area contributed by atoms with Crippen molar-refractivity contribution in [1.29, 1.82) is 0 Å². The fourth-order valence-corrected chi connectivity index (χ4v) is 7.16. The molecule has 0 heterocycles. The Kier molecular flexibility index (Phi) is 50.0. The monoisotopic (exact) mass is 903 g/mol. The molecule has 6 heteroatoms. The summed E-state index contributed by atoms with van der Waals surface area (Å²) in [4.78, 5) is 38.0. The quantitative estimate of drug-likeness (QED) is 0.0199. The van der Waals surface area contributed by atoms with E-state index in [1.165, 1.54) is 128 Å². The van der Waals surface area contributed by atoms with Gasteiger partial charge in [0.25, 0.3) is 0 Å². The molecule has 0 N–H and O–H groups in total. The Labute approximate surface area is 400 Å². The van der Waals surface area contributed by atoms with Gasteiger partial charge in [-0.1, -0.05) is 234 Å². The maximum Gasteiger partial charge on any atom is 0.306 e. The molecule has 0 aliphatic heterocycles. The SMILES string of the molecule is CC/C=C/C=C/C=C/C=C/C=C/CCCCCC(=O)OC(COC(=O)CC/C=C/C/C=C/CCCCCCCC)COC(=O)CCCCCCCCC/C=C/CCCCCCCCCC. The zero-order chi connectivity index (χ0) is 47.2. The first-order valence-electron chi connectivity index (χ1n) is 26.8. The fraction of sp³-hybridized carbons (Fsp3) is 0.678. The first-order chi connectivity index (χ1) is 32.0. The van der Waals surface area contributed by atoms with Crippen LogP contribution in [0.2, 0.25) is 0 Å². The van der Waals surface area contributed by atoms with E-state index >= 15 is 0 Å². The Bertz CT molecular complexity index is 1310. The van der Waals surface area contributed by atoms with E-state index in [1.807, 2.05) is 54.7 Å². The maximum absolute atomic E-state index is 12.8. The molecular weight excluding hydrogens is 805 g/mol. The number of esters is 3. The molecule has 370 valence electrons. The van der Waals surface area contributed by atoms with Crippen LogP contribution >= 0.6 is 0 Å². The summed E-state index contributed by atoms with van der Waals surface area (Å²) in [6.07, 6.45) is 69.8. The Hall–Kier alpha value is -3.67. The third-order valence-electron chi connectivity index (χ3n) is 11.2. The van der Waals surface area contributed by atoms with Gasteiger partial charge in [-0.25, -0.2) is 0 Å². The van der Waals surface area contributed by atoms with E-state index in [2.05, 4.69) is 63.3 Å². The lowest BCUT2D eigenvalue weighted by Crippen LogP contribution is -2.30. The number of rotatable bonds is 47. The van der Waals surface area contributed by atoms with Gasteiger partial charge in [0.1, 0.15) is 13.2 Å². The van der Waals surface area contributed by atoms with Gasteiger partial charge in [0, 0.05) is 19.3 Å². The van der Waals surface area contributed by atoms with Crippen molar-refractivity contribution in [2.24, 2.45) is 0 Å². The molecule has 0 radical (unpaired) electrons. The highest BCUT2D eigenvalue weighted by Gasteiger charge is 2.19. The van der Waals surface area contributed by atoms with Crippen LogP contribution in [0.3, 0.4) is 0 Å². The van der Waals surface area contributed by atoms with Crippen LogP contribution < -0.4 is 0 Å². The minimum absolute atomic E-state index is 0.115. The highest BCUT2D eigenvalue weighted by molar-refractivity contribution is 5.71. The summed E-state index contributed by atoms with van der Waals surface area (Å²) in [5, 5.41) is 0. The van der Waals surface area contributed by atoms with Crippen molar-refractivity contribution >= 4 is 17.9 Å². The molecule has 0 aromatic rings. The summed E-state index contributed by atoms with van der Waals surface area (Å²) in [6.45, 7) is 6.39. The second kappa shape index (κ2) is 52.9. The molecular formula is C59H98O6. The van der Waals surface area contributed by atoms with Crippen LogP contribution in [0.25, 0.3) is 0 Å². The lowest BCUT2D eigenvalue weighted by Gasteiger charge is -2.18. The third-order valence-corrected chi connectivity index (χ3v) is 11.2. The second-order valence-corrected chi connectivity index (χ2v) is 17.5. The van der Waals surface area contributed by atoms with Crippen LogP contribution in [0.15, 0.2) is 97.2 Å². The first-order valence-corrected chi connectivity index (χ1v) is 26.8. The molecule has 0 bridgehead atoms. The predicted molar refractivity (Wildman–Crippen MR) is 279 cm³/mol. The molecule has 0 amide bonds. The number of hydrogen-bond acceptors (Lipinski definition) is 6. The Morgan fingerprint density at radius 1 is 0.338 bits per heavy atom. The van der Waals surface area contributed by atoms with Crippen LogP contribution in [0.5, 0.6) is 0 Å². The van der Waals surface area contributed by atoms with Gasteiger partial charge in [0.05, 0.1) is 0 Å². The molecule has 0 aliphatic carbocycles. The van der Waals surface area contributed by atoms with Gasteiger partial charge in [-0.05, 0) is 83.5 Å². The zero-order valence-corrected chi connectivity index (χ0v) is 42.2. The molecule has 1 unspecified atom stereocenters.